The van der Waals surface area contributed by atoms with Gasteiger partial charge in [-0.1, -0.05) is 53.7 Å². The third-order valence-electron chi connectivity index (χ3n) is 5.80. The van der Waals surface area contributed by atoms with Crippen molar-refractivity contribution in [1.82, 2.24) is 9.55 Å². The Bertz CT molecular complexity index is 1260. The summed E-state index contributed by atoms with van der Waals surface area (Å²) in [6.07, 6.45) is 16.2. The maximum atomic E-state index is 11.1. The number of hydrogen-bond donors (Lipinski definition) is 0. The molecule has 0 N–H and O–H groups in total. The van der Waals surface area contributed by atoms with Gasteiger partial charge in [0.25, 0.3) is 5.56 Å². The van der Waals surface area contributed by atoms with Gasteiger partial charge in [-0.25, -0.2) is 0 Å². The molecule has 0 unspecified atom stereocenters. The average Bonchev–Trinajstić information content (AvgIpc) is 2.90. The molecule has 1 aromatic heterocycles. The number of allylic oxidation sites excluding steroid dienone is 4. The number of hydrogen-bond acceptors (Lipinski definition) is 8. The number of Topliss-reactive ketones (excluding diaryl/α,β-unsaturated/α-hetero) is 3. The fourth-order valence-electron chi connectivity index (χ4n) is 3.43. The number of aromatic nitrogens is 2. The zero-order valence-electron chi connectivity index (χ0n) is 25.0. The van der Waals surface area contributed by atoms with Gasteiger partial charge in [0.2, 0.25) is 0 Å². The largest absolute Gasteiger partial charge is 0.310 e. The number of carbonyl (C=O) groups is 3. The molecule has 0 atom stereocenters. The second kappa shape index (κ2) is 17.7. The zero-order valence-corrected chi connectivity index (χ0v) is 25.0. The van der Waals surface area contributed by atoms with Gasteiger partial charge in [-0.3, -0.25) is 39.1 Å². The average molecular weight is 550 g/mol. The molecular weight excluding hydrogens is 506 g/mol. The molecular formula is C31H43N5O4. The molecule has 9 heteroatoms. The normalized spacial score (nSPS) is 16.0. The lowest BCUT2D eigenvalue weighted by Gasteiger charge is -2.09. The second-order valence-electron chi connectivity index (χ2n) is 10.6. The van der Waals surface area contributed by atoms with E-state index >= 15 is 0 Å². The summed E-state index contributed by atoms with van der Waals surface area (Å²) in [7, 11) is 0. The number of ketones is 3. The van der Waals surface area contributed by atoms with Crippen LogP contribution < -0.4 is 5.56 Å². The maximum Gasteiger partial charge on any atom is 0.269 e. The van der Waals surface area contributed by atoms with Crippen LogP contribution >= 0.6 is 0 Å². The molecule has 0 bridgehead atoms. The van der Waals surface area contributed by atoms with Gasteiger partial charge in [-0.2, -0.15) is 0 Å². The predicted octanol–water partition coefficient (Wildman–Crippen LogP) is 5.53. The van der Waals surface area contributed by atoms with E-state index in [0.717, 1.165) is 11.3 Å². The first-order chi connectivity index (χ1) is 18.8. The summed E-state index contributed by atoms with van der Waals surface area (Å²) in [6.45, 7) is 16.2. The van der Waals surface area contributed by atoms with Gasteiger partial charge in [0, 0.05) is 55.8 Å². The van der Waals surface area contributed by atoms with Crippen molar-refractivity contribution in [3.8, 4) is 0 Å². The van der Waals surface area contributed by atoms with Crippen LogP contribution in [0.1, 0.15) is 80.7 Å². The van der Waals surface area contributed by atoms with Crippen molar-refractivity contribution in [3.63, 3.8) is 0 Å². The SMILES string of the molecule is CC(C)C1=CCC(=O)C=N1.CC(C)C1=CN=CC(=O)C1.CC(C)C1=NC=CCC1=O.CC(C)n1ccncc1=O. The lowest BCUT2D eigenvalue weighted by Crippen LogP contribution is -2.20. The molecule has 0 spiro atoms. The van der Waals surface area contributed by atoms with Crippen LogP contribution in [0, 0.1) is 17.8 Å². The summed E-state index contributed by atoms with van der Waals surface area (Å²) < 4.78 is 1.63. The van der Waals surface area contributed by atoms with Crippen LogP contribution in [-0.4, -0.2) is 45.0 Å². The fourth-order valence-corrected chi connectivity index (χ4v) is 3.43. The topological polar surface area (TPSA) is 123 Å². The summed E-state index contributed by atoms with van der Waals surface area (Å²) >= 11 is 0. The number of carbonyl (C=O) groups excluding carboxylic acids is 3. The summed E-state index contributed by atoms with van der Waals surface area (Å²) in [5.74, 6) is 1.52. The fraction of sp³-hybridized carbons (Fsp3) is 0.484. The summed E-state index contributed by atoms with van der Waals surface area (Å²) in [5, 5.41) is 0. The molecule has 4 rings (SSSR count). The molecule has 4 heterocycles. The van der Waals surface area contributed by atoms with Crippen LogP contribution in [0.15, 0.2) is 74.2 Å². The Kier molecular flexibility index (Phi) is 15.1. The highest BCUT2D eigenvalue weighted by Gasteiger charge is 2.15. The van der Waals surface area contributed by atoms with E-state index in [1.54, 1.807) is 35.4 Å². The van der Waals surface area contributed by atoms with Gasteiger partial charge in [0.15, 0.2) is 17.3 Å². The molecule has 0 amide bonds. The van der Waals surface area contributed by atoms with Gasteiger partial charge < -0.3 is 4.57 Å². The predicted molar refractivity (Wildman–Crippen MR) is 162 cm³/mol. The number of aliphatic imine (C=N–C) groups is 3. The van der Waals surface area contributed by atoms with Gasteiger partial charge >= 0.3 is 0 Å². The highest BCUT2D eigenvalue weighted by Crippen LogP contribution is 2.16. The molecule has 40 heavy (non-hydrogen) atoms. The summed E-state index contributed by atoms with van der Waals surface area (Å²) in [6, 6.07) is 0.218. The van der Waals surface area contributed by atoms with Gasteiger partial charge in [-0.05, 0) is 37.2 Å². The standard InChI is InChI=1S/3C8H11NO.C7H10N2O/c1-6(2)7-3-8(10)5-9-4-7;1-6(2)8-4-3-7(10)5-9-8;1-6(2)8-7(10)4-3-5-9-8;1-6(2)9-4-3-8-5-7(9)10/h2*4-6H,3H2,1-2H3;3,5-6H,4H2,1-2H3;3-6H,1-2H3. The minimum atomic E-state index is -0.0440. The second-order valence-corrected chi connectivity index (χ2v) is 10.6. The molecule has 0 saturated heterocycles. The minimum absolute atomic E-state index is 0.0440. The van der Waals surface area contributed by atoms with Gasteiger partial charge in [0.1, 0.15) is 0 Å². The molecule has 216 valence electrons. The number of rotatable bonds is 4. The molecule has 0 saturated carbocycles. The molecule has 3 aliphatic heterocycles. The van der Waals surface area contributed by atoms with Crippen LogP contribution in [-0.2, 0) is 14.4 Å². The van der Waals surface area contributed by atoms with Gasteiger partial charge in [0.05, 0.1) is 24.3 Å². The van der Waals surface area contributed by atoms with Crippen LogP contribution in [0.4, 0.5) is 0 Å². The van der Waals surface area contributed by atoms with Crippen LogP contribution in [0.25, 0.3) is 0 Å². The van der Waals surface area contributed by atoms with Crippen molar-refractivity contribution in [1.29, 1.82) is 0 Å². The molecule has 3 aliphatic rings. The number of nitrogens with zero attached hydrogens (tertiary/aromatic N) is 5. The maximum absolute atomic E-state index is 11.1. The Morgan fingerprint density at radius 2 is 1.52 bits per heavy atom. The lowest BCUT2D eigenvalue weighted by atomic mass is 9.98. The van der Waals surface area contributed by atoms with Crippen molar-refractivity contribution < 1.29 is 14.4 Å². The van der Waals surface area contributed by atoms with Crippen molar-refractivity contribution in [2.24, 2.45) is 32.7 Å². The Hall–Kier alpha value is -3.88. The summed E-state index contributed by atoms with van der Waals surface area (Å²) in [5.41, 5.74) is 2.83. The Balaban J connectivity index is 0.000000267. The van der Waals surface area contributed by atoms with E-state index in [-0.39, 0.29) is 34.9 Å². The van der Waals surface area contributed by atoms with E-state index in [2.05, 4.69) is 47.7 Å². The molecule has 1 aromatic rings. The quantitative estimate of drug-likeness (QED) is 0.488. The van der Waals surface area contributed by atoms with E-state index in [4.69, 9.17) is 0 Å². The van der Waals surface area contributed by atoms with Crippen LogP contribution in [0.2, 0.25) is 0 Å². The highest BCUT2D eigenvalue weighted by molar-refractivity contribution is 6.41. The highest BCUT2D eigenvalue weighted by atomic mass is 16.1. The zero-order chi connectivity index (χ0) is 30.2. The molecule has 0 aromatic carbocycles. The van der Waals surface area contributed by atoms with Gasteiger partial charge in [-0.15, -0.1) is 0 Å². The molecule has 9 nitrogen and oxygen atoms in total. The van der Waals surface area contributed by atoms with Crippen molar-refractivity contribution >= 4 is 35.5 Å². The summed E-state index contributed by atoms with van der Waals surface area (Å²) in [4.78, 5) is 59.0. The third kappa shape index (κ3) is 12.8. The lowest BCUT2D eigenvalue weighted by molar-refractivity contribution is -0.113. The van der Waals surface area contributed by atoms with E-state index in [1.165, 1.54) is 18.6 Å². The van der Waals surface area contributed by atoms with E-state index in [9.17, 15) is 19.2 Å². The first-order valence-electron chi connectivity index (χ1n) is 13.6. The van der Waals surface area contributed by atoms with Crippen molar-refractivity contribution in [2.75, 3.05) is 0 Å². The molecule has 0 aliphatic carbocycles. The Morgan fingerprint density at radius 1 is 0.825 bits per heavy atom. The van der Waals surface area contributed by atoms with E-state index < -0.39 is 0 Å². The monoisotopic (exact) mass is 549 g/mol. The van der Waals surface area contributed by atoms with Crippen molar-refractivity contribution in [3.05, 3.63) is 64.8 Å². The van der Waals surface area contributed by atoms with E-state index in [1.807, 2.05) is 33.8 Å². The van der Waals surface area contributed by atoms with E-state index in [0.29, 0.717) is 36.8 Å². The Labute approximate surface area is 237 Å². The first kappa shape index (κ1) is 34.1. The molecule has 0 radical (unpaired) electrons. The van der Waals surface area contributed by atoms with Crippen LogP contribution in [0.5, 0.6) is 0 Å². The first-order valence-corrected chi connectivity index (χ1v) is 13.6. The van der Waals surface area contributed by atoms with Crippen molar-refractivity contribution in [2.45, 2.75) is 80.7 Å². The minimum Gasteiger partial charge on any atom is -0.310 e. The van der Waals surface area contributed by atoms with Crippen LogP contribution in [0.3, 0.4) is 0 Å². The molecule has 0 fully saturated rings. The Morgan fingerprint density at radius 3 is 1.93 bits per heavy atom. The third-order valence-corrected chi connectivity index (χ3v) is 5.80. The smallest absolute Gasteiger partial charge is 0.269 e.